The van der Waals surface area contributed by atoms with E-state index >= 15 is 0 Å². The average molecular weight is 472 g/mol. The number of carbonyl (C=O) groups excluding carboxylic acids is 1. The highest BCUT2D eigenvalue weighted by molar-refractivity contribution is 5.91. The number of carbonyl (C=O) groups is 1. The van der Waals surface area contributed by atoms with Crippen LogP contribution in [0.2, 0.25) is 0 Å². The van der Waals surface area contributed by atoms with Crippen molar-refractivity contribution >= 4 is 28.3 Å². The molecular formula is C27H29N5O3. The molecule has 180 valence electrons. The van der Waals surface area contributed by atoms with E-state index in [1.54, 1.807) is 12.5 Å². The second-order valence-corrected chi connectivity index (χ2v) is 8.30. The van der Waals surface area contributed by atoms with Crippen LogP contribution in [0, 0.1) is 13.8 Å². The van der Waals surface area contributed by atoms with Crippen LogP contribution in [0.25, 0.3) is 10.9 Å². The van der Waals surface area contributed by atoms with Crippen molar-refractivity contribution < 1.29 is 14.3 Å². The van der Waals surface area contributed by atoms with Crippen LogP contribution < -0.4 is 15.4 Å². The molecule has 0 atom stereocenters. The molecule has 0 radical (unpaired) electrons. The van der Waals surface area contributed by atoms with Crippen molar-refractivity contribution in [1.29, 1.82) is 0 Å². The number of aromatic nitrogens is 3. The lowest BCUT2D eigenvalue weighted by molar-refractivity contribution is -0.124. The summed E-state index contributed by atoms with van der Waals surface area (Å²) >= 11 is 0. The summed E-state index contributed by atoms with van der Waals surface area (Å²) in [6, 6.07) is 15.9. The molecule has 0 saturated carbocycles. The minimum absolute atomic E-state index is 0.0814. The molecule has 0 aliphatic carbocycles. The lowest BCUT2D eigenvalue weighted by Gasteiger charge is -2.13. The molecule has 0 saturated heterocycles. The van der Waals surface area contributed by atoms with E-state index in [1.807, 2.05) is 50.2 Å². The van der Waals surface area contributed by atoms with Crippen molar-refractivity contribution in [3.05, 3.63) is 77.9 Å². The van der Waals surface area contributed by atoms with E-state index in [4.69, 9.17) is 9.47 Å². The molecule has 4 rings (SSSR count). The summed E-state index contributed by atoms with van der Waals surface area (Å²) in [5.41, 5.74) is 4.86. The number of nitrogens with zero attached hydrogens (tertiary/aromatic N) is 3. The van der Waals surface area contributed by atoms with Gasteiger partial charge in [0.2, 0.25) is 5.91 Å². The number of aryl methyl sites for hydroxylation is 3. The number of hydrogen-bond donors (Lipinski definition) is 2. The van der Waals surface area contributed by atoms with Crippen molar-refractivity contribution in [3.63, 3.8) is 0 Å². The Morgan fingerprint density at radius 2 is 1.89 bits per heavy atom. The van der Waals surface area contributed by atoms with Gasteiger partial charge in [-0.2, -0.15) is 0 Å². The lowest BCUT2D eigenvalue weighted by atomic mass is 10.1. The summed E-state index contributed by atoms with van der Waals surface area (Å²) in [5.74, 6) is 2.11. The van der Waals surface area contributed by atoms with Gasteiger partial charge in [0.1, 0.15) is 30.3 Å². The number of anilines is 2. The number of methoxy groups -OCH3 is 1. The largest absolute Gasteiger partial charge is 0.455 e. The zero-order valence-electron chi connectivity index (χ0n) is 20.2. The molecule has 0 spiro atoms. The number of benzene rings is 2. The molecule has 2 aromatic carbocycles. The number of fused-ring (bicyclic) bond motifs is 1. The summed E-state index contributed by atoms with van der Waals surface area (Å²) in [7, 11) is 1.51. The second-order valence-electron chi connectivity index (χ2n) is 8.30. The monoisotopic (exact) mass is 471 g/mol. The maximum absolute atomic E-state index is 11.5. The standard InChI is InChI=1S/C27H29N5O3/c1-18-13-21(8-11-25(18)35-22-9-6-19(2)29-15-22)32-27-23-14-20(7-10-24(23)30-17-31-27)5-4-12-28-26(33)16-34-3/h6-11,13-15,17H,4-5,12,16H2,1-3H3,(H,28,33)(H,30,31,32). The number of ether oxygens (including phenoxy) is 2. The fourth-order valence-corrected chi connectivity index (χ4v) is 3.68. The number of rotatable bonds is 10. The van der Waals surface area contributed by atoms with Gasteiger partial charge in [0.25, 0.3) is 0 Å². The molecule has 2 aromatic heterocycles. The van der Waals surface area contributed by atoms with Crippen LogP contribution in [-0.4, -0.2) is 41.1 Å². The Balaban J connectivity index is 1.45. The minimum Gasteiger partial charge on any atom is -0.455 e. The van der Waals surface area contributed by atoms with Crippen LogP contribution in [0.1, 0.15) is 23.2 Å². The summed E-state index contributed by atoms with van der Waals surface area (Å²) in [5, 5.41) is 7.21. The van der Waals surface area contributed by atoms with E-state index in [1.165, 1.54) is 7.11 Å². The summed E-state index contributed by atoms with van der Waals surface area (Å²) in [4.78, 5) is 24.7. The lowest BCUT2D eigenvalue weighted by Crippen LogP contribution is -2.28. The molecule has 2 heterocycles. The molecule has 8 heteroatoms. The number of amides is 1. The van der Waals surface area contributed by atoms with Gasteiger partial charge in [-0.05, 0) is 80.3 Å². The third kappa shape index (κ3) is 6.51. The van der Waals surface area contributed by atoms with Crippen molar-refractivity contribution in [2.24, 2.45) is 0 Å². The van der Waals surface area contributed by atoms with Crippen LogP contribution in [0.3, 0.4) is 0 Å². The topological polar surface area (TPSA) is 98.3 Å². The summed E-state index contributed by atoms with van der Waals surface area (Å²) in [6.45, 7) is 4.63. The molecule has 4 aromatic rings. The molecule has 0 unspecified atom stereocenters. The van der Waals surface area contributed by atoms with Gasteiger partial charge in [-0.3, -0.25) is 9.78 Å². The van der Waals surface area contributed by atoms with Crippen LogP contribution in [-0.2, 0) is 16.0 Å². The van der Waals surface area contributed by atoms with E-state index in [2.05, 4.69) is 37.7 Å². The molecule has 35 heavy (non-hydrogen) atoms. The molecule has 8 nitrogen and oxygen atoms in total. The van der Waals surface area contributed by atoms with Gasteiger partial charge in [0.15, 0.2) is 0 Å². The zero-order valence-corrected chi connectivity index (χ0v) is 20.2. The number of pyridine rings is 1. The van der Waals surface area contributed by atoms with E-state index in [0.29, 0.717) is 12.3 Å². The van der Waals surface area contributed by atoms with Crippen LogP contribution in [0.5, 0.6) is 11.5 Å². The first-order valence-electron chi connectivity index (χ1n) is 11.5. The Labute approximate surface area is 204 Å². The molecule has 0 bridgehead atoms. The average Bonchev–Trinajstić information content (AvgIpc) is 2.85. The van der Waals surface area contributed by atoms with Gasteiger partial charge in [0, 0.05) is 30.4 Å². The second kappa shape index (κ2) is 11.4. The van der Waals surface area contributed by atoms with Gasteiger partial charge < -0.3 is 20.1 Å². The molecule has 2 N–H and O–H groups in total. The number of hydrogen-bond acceptors (Lipinski definition) is 7. The maximum atomic E-state index is 11.5. The summed E-state index contributed by atoms with van der Waals surface area (Å²) in [6.07, 6.45) is 4.94. The van der Waals surface area contributed by atoms with E-state index in [9.17, 15) is 4.79 Å². The van der Waals surface area contributed by atoms with Crippen LogP contribution in [0.4, 0.5) is 11.5 Å². The van der Waals surface area contributed by atoms with Gasteiger partial charge >= 0.3 is 0 Å². The van der Waals surface area contributed by atoms with Gasteiger partial charge in [-0.25, -0.2) is 9.97 Å². The Morgan fingerprint density at radius 3 is 2.66 bits per heavy atom. The summed E-state index contributed by atoms with van der Waals surface area (Å²) < 4.78 is 10.8. The normalized spacial score (nSPS) is 10.8. The maximum Gasteiger partial charge on any atom is 0.245 e. The third-order valence-corrected chi connectivity index (χ3v) is 5.49. The SMILES string of the molecule is COCC(=O)NCCCc1ccc2ncnc(Nc3ccc(Oc4ccc(C)nc4)c(C)c3)c2c1. The molecule has 0 aliphatic rings. The fraction of sp³-hybridized carbons (Fsp3) is 0.259. The Bertz CT molecular complexity index is 1310. The van der Waals surface area contributed by atoms with E-state index in [0.717, 1.165) is 57.8 Å². The minimum atomic E-state index is -0.104. The Morgan fingerprint density at radius 1 is 1.00 bits per heavy atom. The Kier molecular flexibility index (Phi) is 7.84. The molecule has 0 fully saturated rings. The first-order valence-corrected chi connectivity index (χ1v) is 11.5. The highest BCUT2D eigenvalue weighted by Gasteiger charge is 2.09. The Hall–Kier alpha value is -4.04. The smallest absolute Gasteiger partial charge is 0.245 e. The van der Waals surface area contributed by atoms with Crippen molar-refractivity contribution in [1.82, 2.24) is 20.3 Å². The van der Waals surface area contributed by atoms with E-state index < -0.39 is 0 Å². The molecule has 1 amide bonds. The van der Waals surface area contributed by atoms with E-state index in [-0.39, 0.29) is 12.5 Å². The zero-order chi connectivity index (χ0) is 24.6. The molecule has 0 aliphatic heterocycles. The predicted molar refractivity (Wildman–Crippen MR) is 136 cm³/mol. The van der Waals surface area contributed by atoms with Gasteiger partial charge in [-0.15, -0.1) is 0 Å². The number of nitrogens with one attached hydrogen (secondary N) is 2. The first-order chi connectivity index (χ1) is 17.0. The van der Waals surface area contributed by atoms with Crippen LogP contribution >= 0.6 is 0 Å². The quantitative estimate of drug-likeness (QED) is 0.318. The van der Waals surface area contributed by atoms with Gasteiger partial charge in [-0.1, -0.05) is 6.07 Å². The molecular weight excluding hydrogens is 442 g/mol. The highest BCUT2D eigenvalue weighted by atomic mass is 16.5. The predicted octanol–water partition coefficient (Wildman–Crippen LogP) is 4.87. The fourth-order valence-electron chi connectivity index (χ4n) is 3.68. The first kappa shape index (κ1) is 24.1. The highest BCUT2D eigenvalue weighted by Crippen LogP contribution is 2.30. The van der Waals surface area contributed by atoms with Crippen molar-refractivity contribution in [3.8, 4) is 11.5 Å². The third-order valence-electron chi connectivity index (χ3n) is 5.49. The van der Waals surface area contributed by atoms with Crippen molar-refractivity contribution in [2.75, 3.05) is 25.6 Å². The van der Waals surface area contributed by atoms with Crippen molar-refractivity contribution in [2.45, 2.75) is 26.7 Å². The van der Waals surface area contributed by atoms with Crippen LogP contribution in [0.15, 0.2) is 61.1 Å². The van der Waals surface area contributed by atoms with Gasteiger partial charge in [0.05, 0.1) is 11.7 Å².